The van der Waals surface area contributed by atoms with Gasteiger partial charge in [-0.05, 0) is 49.1 Å². The van der Waals surface area contributed by atoms with Crippen LogP contribution in [0.1, 0.15) is 35.0 Å². The fraction of sp³-hybridized carbons (Fsp3) is 0.312. The summed E-state index contributed by atoms with van der Waals surface area (Å²) in [4.78, 5) is 14.5. The van der Waals surface area contributed by atoms with Gasteiger partial charge in [0.15, 0.2) is 0 Å². The number of carbonyl (C=O) groups excluding carboxylic acids is 1. The third-order valence-electron chi connectivity index (χ3n) is 3.35. The maximum absolute atomic E-state index is 11.9. The highest BCUT2D eigenvalue weighted by molar-refractivity contribution is 7.15. The van der Waals surface area contributed by atoms with Crippen LogP contribution < -0.4 is 5.32 Å². The maximum Gasteiger partial charge on any atom is 0.251 e. The van der Waals surface area contributed by atoms with Crippen LogP contribution in [0.15, 0.2) is 36.4 Å². The Kier molecular flexibility index (Phi) is 3.38. The van der Waals surface area contributed by atoms with Crippen molar-refractivity contribution < 1.29 is 4.79 Å². The molecule has 0 atom stereocenters. The highest BCUT2D eigenvalue weighted by Gasteiger charge is 2.23. The zero-order valence-electron chi connectivity index (χ0n) is 11.0. The van der Waals surface area contributed by atoms with Gasteiger partial charge in [0.05, 0.1) is 0 Å². The average molecular weight is 271 g/mol. The van der Waals surface area contributed by atoms with E-state index in [1.807, 2.05) is 35.6 Å². The SMILES string of the molecule is CCc1ccc(-c2ccc(C(=O)NC3CC3)cc2)s1. The zero-order valence-corrected chi connectivity index (χ0v) is 11.8. The van der Waals surface area contributed by atoms with Crippen LogP contribution >= 0.6 is 11.3 Å². The van der Waals surface area contributed by atoms with E-state index in [1.54, 1.807) is 0 Å². The molecule has 1 N–H and O–H groups in total. The first-order chi connectivity index (χ1) is 9.26. The van der Waals surface area contributed by atoms with Crippen LogP contribution in [0.2, 0.25) is 0 Å². The summed E-state index contributed by atoms with van der Waals surface area (Å²) in [6.45, 7) is 2.17. The molecular weight excluding hydrogens is 254 g/mol. The summed E-state index contributed by atoms with van der Waals surface area (Å²) in [6, 6.07) is 12.6. The zero-order chi connectivity index (χ0) is 13.2. The van der Waals surface area contributed by atoms with E-state index >= 15 is 0 Å². The number of hydrogen-bond donors (Lipinski definition) is 1. The Morgan fingerprint density at radius 1 is 1.21 bits per heavy atom. The summed E-state index contributed by atoms with van der Waals surface area (Å²) in [7, 11) is 0. The van der Waals surface area contributed by atoms with Crippen LogP contribution in [0.3, 0.4) is 0 Å². The third-order valence-corrected chi connectivity index (χ3v) is 4.63. The van der Waals surface area contributed by atoms with E-state index in [2.05, 4.69) is 24.4 Å². The van der Waals surface area contributed by atoms with Crippen molar-refractivity contribution in [1.29, 1.82) is 0 Å². The molecule has 0 unspecified atom stereocenters. The lowest BCUT2D eigenvalue weighted by molar-refractivity contribution is 0.0951. The fourth-order valence-electron chi connectivity index (χ4n) is 2.01. The Labute approximate surface area is 117 Å². The van der Waals surface area contributed by atoms with Gasteiger partial charge in [0, 0.05) is 21.4 Å². The number of amides is 1. The molecule has 0 aliphatic heterocycles. The molecular formula is C16H17NOS. The lowest BCUT2D eigenvalue weighted by Crippen LogP contribution is -2.25. The van der Waals surface area contributed by atoms with Gasteiger partial charge in [-0.1, -0.05) is 19.1 Å². The molecule has 1 fully saturated rings. The minimum Gasteiger partial charge on any atom is -0.349 e. The molecule has 3 heteroatoms. The van der Waals surface area contributed by atoms with Gasteiger partial charge in [0.1, 0.15) is 0 Å². The van der Waals surface area contributed by atoms with E-state index in [0.717, 1.165) is 24.8 Å². The number of hydrogen-bond acceptors (Lipinski definition) is 2. The van der Waals surface area contributed by atoms with E-state index in [1.165, 1.54) is 15.3 Å². The number of nitrogens with one attached hydrogen (secondary N) is 1. The van der Waals surface area contributed by atoms with Gasteiger partial charge in [-0.15, -0.1) is 11.3 Å². The second-order valence-electron chi connectivity index (χ2n) is 4.94. The average Bonchev–Trinajstić information content (AvgIpc) is 3.12. The predicted molar refractivity (Wildman–Crippen MR) is 79.6 cm³/mol. The summed E-state index contributed by atoms with van der Waals surface area (Å²) in [5.41, 5.74) is 1.94. The van der Waals surface area contributed by atoms with Crippen molar-refractivity contribution in [3.63, 3.8) is 0 Å². The molecule has 98 valence electrons. The molecule has 1 aromatic carbocycles. The van der Waals surface area contributed by atoms with E-state index in [-0.39, 0.29) is 5.91 Å². The fourth-order valence-corrected chi connectivity index (χ4v) is 2.96. The van der Waals surface area contributed by atoms with E-state index < -0.39 is 0 Å². The standard InChI is InChI=1S/C16H17NOS/c1-2-14-9-10-15(19-14)11-3-5-12(6-4-11)16(18)17-13-7-8-13/h3-6,9-10,13H,2,7-8H2,1H3,(H,17,18). The minimum atomic E-state index is 0.0504. The third kappa shape index (κ3) is 2.87. The molecule has 19 heavy (non-hydrogen) atoms. The molecule has 2 nitrogen and oxygen atoms in total. The van der Waals surface area contributed by atoms with Crippen molar-refractivity contribution in [2.24, 2.45) is 0 Å². The topological polar surface area (TPSA) is 29.1 Å². The smallest absolute Gasteiger partial charge is 0.251 e. The second-order valence-corrected chi connectivity index (χ2v) is 6.11. The molecule has 1 amide bonds. The molecule has 1 aromatic heterocycles. The Morgan fingerprint density at radius 3 is 2.53 bits per heavy atom. The molecule has 3 rings (SSSR count). The summed E-state index contributed by atoms with van der Waals surface area (Å²) < 4.78 is 0. The van der Waals surface area contributed by atoms with Crippen molar-refractivity contribution in [2.75, 3.05) is 0 Å². The van der Waals surface area contributed by atoms with Crippen molar-refractivity contribution >= 4 is 17.2 Å². The van der Waals surface area contributed by atoms with Crippen molar-refractivity contribution in [2.45, 2.75) is 32.2 Å². The summed E-state index contributed by atoms with van der Waals surface area (Å²) in [6.07, 6.45) is 3.32. The van der Waals surface area contributed by atoms with Crippen LogP contribution in [0.5, 0.6) is 0 Å². The highest BCUT2D eigenvalue weighted by atomic mass is 32.1. The van der Waals surface area contributed by atoms with Gasteiger partial charge < -0.3 is 5.32 Å². The van der Waals surface area contributed by atoms with Gasteiger partial charge in [0.2, 0.25) is 0 Å². The minimum absolute atomic E-state index is 0.0504. The molecule has 0 spiro atoms. The molecule has 1 saturated carbocycles. The first-order valence-electron chi connectivity index (χ1n) is 6.76. The van der Waals surface area contributed by atoms with Crippen molar-refractivity contribution in [3.8, 4) is 10.4 Å². The second kappa shape index (κ2) is 5.17. The van der Waals surface area contributed by atoms with Crippen LogP contribution in [-0.2, 0) is 6.42 Å². The number of thiophene rings is 1. The molecule has 1 aliphatic rings. The van der Waals surface area contributed by atoms with Gasteiger partial charge in [-0.2, -0.15) is 0 Å². The summed E-state index contributed by atoms with van der Waals surface area (Å²) >= 11 is 1.82. The van der Waals surface area contributed by atoms with Crippen LogP contribution in [0.25, 0.3) is 10.4 Å². The lowest BCUT2D eigenvalue weighted by Gasteiger charge is -2.04. The van der Waals surface area contributed by atoms with E-state index in [0.29, 0.717) is 6.04 Å². The number of rotatable bonds is 4. The van der Waals surface area contributed by atoms with Gasteiger partial charge in [-0.3, -0.25) is 4.79 Å². The number of carbonyl (C=O) groups is 1. The molecule has 0 radical (unpaired) electrons. The Bertz CT molecular complexity index is 581. The normalized spacial score (nSPS) is 14.4. The molecule has 0 saturated heterocycles. The Hall–Kier alpha value is -1.61. The first-order valence-corrected chi connectivity index (χ1v) is 7.58. The van der Waals surface area contributed by atoms with Crippen molar-refractivity contribution in [1.82, 2.24) is 5.32 Å². The van der Waals surface area contributed by atoms with Crippen LogP contribution in [-0.4, -0.2) is 11.9 Å². The van der Waals surface area contributed by atoms with Crippen LogP contribution in [0, 0.1) is 0 Å². The quantitative estimate of drug-likeness (QED) is 0.898. The highest BCUT2D eigenvalue weighted by Crippen LogP contribution is 2.28. The van der Waals surface area contributed by atoms with E-state index in [9.17, 15) is 4.79 Å². The number of benzene rings is 1. The monoisotopic (exact) mass is 271 g/mol. The first kappa shape index (κ1) is 12.4. The predicted octanol–water partition coefficient (Wildman–Crippen LogP) is 3.87. The molecule has 1 heterocycles. The lowest BCUT2D eigenvalue weighted by atomic mass is 10.1. The molecule has 0 bridgehead atoms. The largest absolute Gasteiger partial charge is 0.349 e. The summed E-state index contributed by atoms with van der Waals surface area (Å²) in [5.74, 6) is 0.0504. The van der Waals surface area contributed by atoms with Gasteiger partial charge in [0.25, 0.3) is 5.91 Å². The summed E-state index contributed by atoms with van der Waals surface area (Å²) in [5, 5.41) is 3.01. The number of aryl methyl sites for hydroxylation is 1. The van der Waals surface area contributed by atoms with Crippen LogP contribution in [0.4, 0.5) is 0 Å². The Morgan fingerprint density at radius 2 is 1.95 bits per heavy atom. The van der Waals surface area contributed by atoms with Gasteiger partial charge >= 0.3 is 0 Å². The molecule has 2 aromatic rings. The Balaban J connectivity index is 1.75. The van der Waals surface area contributed by atoms with Gasteiger partial charge in [-0.25, -0.2) is 0 Å². The molecule has 1 aliphatic carbocycles. The maximum atomic E-state index is 11.9. The van der Waals surface area contributed by atoms with E-state index in [4.69, 9.17) is 0 Å². The van der Waals surface area contributed by atoms with Crippen molar-refractivity contribution in [3.05, 3.63) is 46.8 Å².